The zero-order valence-corrected chi connectivity index (χ0v) is 9.54. The molecule has 1 aliphatic rings. The van der Waals surface area contributed by atoms with Crippen LogP contribution < -0.4 is 0 Å². The van der Waals surface area contributed by atoms with Crippen LogP contribution in [-0.2, 0) is 9.53 Å². The molecule has 2 heteroatoms. The quantitative estimate of drug-likeness (QED) is 0.510. The maximum absolute atomic E-state index is 11.5. The van der Waals surface area contributed by atoms with Crippen molar-refractivity contribution in [2.75, 3.05) is 6.61 Å². The molecular formula is C12H20O2. The Morgan fingerprint density at radius 3 is 2.57 bits per heavy atom. The van der Waals surface area contributed by atoms with E-state index in [1.54, 1.807) is 0 Å². The van der Waals surface area contributed by atoms with Crippen molar-refractivity contribution in [2.45, 2.75) is 34.1 Å². The lowest BCUT2D eigenvalue weighted by Gasteiger charge is -2.01. The Balaban J connectivity index is 2.56. The van der Waals surface area contributed by atoms with Crippen molar-refractivity contribution < 1.29 is 9.53 Å². The minimum atomic E-state index is -0.0387. The van der Waals surface area contributed by atoms with Crippen molar-refractivity contribution in [1.29, 1.82) is 0 Å². The first kappa shape index (κ1) is 11.3. The molecule has 0 aromatic carbocycles. The number of rotatable bonds is 4. The molecule has 0 spiro atoms. The summed E-state index contributed by atoms with van der Waals surface area (Å²) in [5.41, 5.74) is 0.0952. The van der Waals surface area contributed by atoms with Gasteiger partial charge in [0.05, 0.1) is 12.5 Å². The lowest BCUT2D eigenvalue weighted by atomic mass is 10.1. The van der Waals surface area contributed by atoms with Crippen LogP contribution in [0, 0.1) is 17.3 Å². The summed E-state index contributed by atoms with van der Waals surface area (Å²) in [5, 5.41) is 0. The maximum Gasteiger partial charge on any atom is 0.310 e. The van der Waals surface area contributed by atoms with E-state index in [9.17, 15) is 4.79 Å². The fraction of sp³-hybridized carbons (Fsp3) is 0.750. The highest BCUT2D eigenvalue weighted by molar-refractivity contribution is 5.78. The van der Waals surface area contributed by atoms with E-state index in [-0.39, 0.29) is 17.3 Å². The molecule has 0 aliphatic heterocycles. The number of hydrogen-bond donors (Lipinski definition) is 0. The van der Waals surface area contributed by atoms with Crippen LogP contribution in [0.2, 0.25) is 0 Å². The number of carbonyl (C=O) groups is 1. The van der Waals surface area contributed by atoms with Crippen LogP contribution in [0.5, 0.6) is 0 Å². The van der Waals surface area contributed by atoms with Gasteiger partial charge < -0.3 is 4.74 Å². The standard InChI is InChI=1S/C12H20O2/c1-5-7-8-9-10(12(9,3)4)11(13)14-6-2/h7-10H,5-6H2,1-4H3. The third-order valence-electron chi connectivity index (χ3n) is 3.03. The molecule has 0 saturated heterocycles. The van der Waals surface area contributed by atoms with Gasteiger partial charge in [0.15, 0.2) is 0 Å². The largest absolute Gasteiger partial charge is 0.466 e. The molecule has 1 rings (SSSR count). The van der Waals surface area contributed by atoms with Crippen LogP contribution in [0.1, 0.15) is 34.1 Å². The molecule has 1 fully saturated rings. The van der Waals surface area contributed by atoms with Gasteiger partial charge in [0.2, 0.25) is 0 Å². The highest BCUT2D eigenvalue weighted by Crippen LogP contribution is 2.59. The van der Waals surface area contributed by atoms with Crippen molar-refractivity contribution >= 4 is 5.97 Å². The fourth-order valence-electron chi connectivity index (χ4n) is 2.00. The molecule has 80 valence electrons. The van der Waals surface area contributed by atoms with E-state index in [1.807, 2.05) is 6.92 Å². The topological polar surface area (TPSA) is 26.3 Å². The Labute approximate surface area is 86.3 Å². The molecule has 2 atom stereocenters. The second-order valence-electron chi connectivity index (χ2n) is 4.41. The monoisotopic (exact) mass is 196 g/mol. The summed E-state index contributed by atoms with van der Waals surface area (Å²) in [7, 11) is 0. The van der Waals surface area contributed by atoms with E-state index >= 15 is 0 Å². The molecular weight excluding hydrogens is 176 g/mol. The maximum atomic E-state index is 11.5. The molecule has 0 bridgehead atoms. The average molecular weight is 196 g/mol. The summed E-state index contributed by atoms with van der Waals surface area (Å²) in [6, 6.07) is 0. The van der Waals surface area contributed by atoms with Gasteiger partial charge in [-0.05, 0) is 24.7 Å². The third-order valence-corrected chi connectivity index (χ3v) is 3.03. The minimum Gasteiger partial charge on any atom is -0.466 e. The van der Waals surface area contributed by atoms with Crippen LogP contribution in [0.3, 0.4) is 0 Å². The molecule has 0 heterocycles. The van der Waals surface area contributed by atoms with Crippen molar-refractivity contribution in [2.24, 2.45) is 17.3 Å². The van der Waals surface area contributed by atoms with Gasteiger partial charge in [-0.25, -0.2) is 0 Å². The van der Waals surface area contributed by atoms with Gasteiger partial charge in [0.25, 0.3) is 0 Å². The predicted octanol–water partition coefficient (Wildman–Crippen LogP) is 2.79. The fourth-order valence-corrected chi connectivity index (χ4v) is 2.00. The number of carbonyl (C=O) groups excluding carboxylic acids is 1. The summed E-state index contributed by atoms with van der Waals surface area (Å²) in [6.45, 7) is 8.68. The van der Waals surface area contributed by atoms with E-state index in [0.717, 1.165) is 6.42 Å². The normalized spacial score (nSPS) is 29.1. The Morgan fingerprint density at radius 2 is 2.07 bits per heavy atom. The van der Waals surface area contributed by atoms with Crippen molar-refractivity contribution in [3.8, 4) is 0 Å². The van der Waals surface area contributed by atoms with Crippen molar-refractivity contribution in [3.05, 3.63) is 12.2 Å². The Morgan fingerprint density at radius 1 is 1.43 bits per heavy atom. The van der Waals surface area contributed by atoms with Crippen LogP contribution in [0.25, 0.3) is 0 Å². The minimum absolute atomic E-state index is 0.0387. The second kappa shape index (κ2) is 4.16. The molecule has 14 heavy (non-hydrogen) atoms. The van der Waals surface area contributed by atoms with Gasteiger partial charge >= 0.3 is 5.97 Å². The molecule has 0 N–H and O–H groups in total. The Hall–Kier alpha value is -0.790. The van der Waals surface area contributed by atoms with E-state index in [1.165, 1.54) is 0 Å². The zero-order valence-electron chi connectivity index (χ0n) is 9.54. The molecule has 2 nitrogen and oxygen atoms in total. The number of hydrogen-bond acceptors (Lipinski definition) is 2. The molecule has 0 aromatic heterocycles. The summed E-state index contributed by atoms with van der Waals surface area (Å²) in [6.07, 6.45) is 5.31. The number of ether oxygens (including phenoxy) is 1. The Kier molecular flexibility index (Phi) is 3.35. The summed E-state index contributed by atoms with van der Waals surface area (Å²) >= 11 is 0. The highest BCUT2D eigenvalue weighted by Gasteiger charge is 2.61. The van der Waals surface area contributed by atoms with Crippen LogP contribution in [-0.4, -0.2) is 12.6 Å². The van der Waals surface area contributed by atoms with Crippen LogP contribution in [0.4, 0.5) is 0 Å². The lowest BCUT2D eigenvalue weighted by molar-refractivity contribution is -0.145. The molecule has 2 unspecified atom stereocenters. The molecule has 1 aliphatic carbocycles. The smallest absolute Gasteiger partial charge is 0.310 e. The number of allylic oxidation sites excluding steroid dienone is 2. The van der Waals surface area contributed by atoms with E-state index in [2.05, 4.69) is 32.9 Å². The third kappa shape index (κ3) is 1.99. The summed E-state index contributed by atoms with van der Waals surface area (Å²) in [4.78, 5) is 11.5. The van der Waals surface area contributed by atoms with Crippen LogP contribution in [0.15, 0.2) is 12.2 Å². The average Bonchev–Trinajstić information content (AvgIpc) is 2.65. The molecule has 0 radical (unpaired) electrons. The van der Waals surface area contributed by atoms with E-state index in [0.29, 0.717) is 12.5 Å². The first-order valence-electron chi connectivity index (χ1n) is 5.39. The highest BCUT2D eigenvalue weighted by atomic mass is 16.5. The van der Waals surface area contributed by atoms with Gasteiger partial charge in [-0.3, -0.25) is 4.79 Å². The first-order valence-corrected chi connectivity index (χ1v) is 5.39. The SMILES string of the molecule is CCC=CC1C(C(=O)OCC)C1(C)C. The molecule has 0 aromatic rings. The second-order valence-corrected chi connectivity index (χ2v) is 4.41. The van der Waals surface area contributed by atoms with Gasteiger partial charge in [0.1, 0.15) is 0 Å². The van der Waals surface area contributed by atoms with Gasteiger partial charge in [-0.15, -0.1) is 0 Å². The zero-order chi connectivity index (χ0) is 10.8. The van der Waals surface area contributed by atoms with Crippen LogP contribution >= 0.6 is 0 Å². The molecule has 1 saturated carbocycles. The summed E-state index contributed by atoms with van der Waals surface area (Å²) in [5.74, 6) is 0.412. The molecule has 0 amide bonds. The Bertz CT molecular complexity index is 241. The van der Waals surface area contributed by atoms with Crippen molar-refractivity contribution in [3.63, 3.8) is 0 Å². The number of esters is 1. The summed E-state index contributed by atoms with van der Waals surface area (Å²) < 4.78 is 5.04. The van der Waals surface area contributed by atoms with E-state index in [4.69, 9.17) is 4.74 Å². The first-order chi connectivity index (χ1) is 6.55. The van der Waals surface area contributed by atoms with Gasteiger partial charge in [-0.1, -0.05) is 32.9 Å². The predicted molar refractivity (Wildman–Crippen MR) is 56.8 cm³/mol. The van der Waals surface area contributed by atoms with Gasteiger partial charge in [-0.2, -0.15) is 0 Å². The lowest BCUT2D eigenvalue weighted by Crippen LogP contribution is -2.10. The van der Waals surface area contributed by atoms with E-state index < -0.39 is 0 Å². The van der Waals surface area contributed by atoms with Gasteiger partial charge in [0, 0.05) is 0 Å². The van der Waals surface area contributed by atoms with Crippen molar-refractivity contribution in [1.82, 2.24) is 0 Å².